The number of rotatable bonds is 3. The first-order chi connectivity index (χ1) is 19.7. The van der Waals surface area contributed by atoms with E-state index in [0.29, 0.717) is 5.56 Å². The van der Waals surface area contributed by atoms with Gasteiger partial charge in [-0.3, -0.25) is 0 Å². The molecule has 0 unspecified atom stereocenters. The predicted molar refractivity (Wildman–Crippen MR) is 173 cm³/mol. The van der Waals surface area contributed by atoms with Gasteiger partial charge in [0.25, 0.3) is 0 Å². The number of hydrogen-bond acceptors (Lipinski definition) is 3. The van der Waals surface area contributed by atoms with Crippen molar-refractivity contribution in [3.8, 4) is 39.4 Å². The van der Waals surface area contributed by atoms with Crippen LogP contribution in [0, 0.1) is 11.3 Å². The molecule has 0 saturated heterocycles. The second kappa shape index (κ2) is 9.17. The molecule has 40 heavy (non-hydrogen) atoms. The first-order valence-electron chi connectivity index (χ1n) is 13.2. The van der Waals surface area contributed by atoms with Crippen LogP contribution in [0.15, 0.2) is 127 Å². The second-order valence-corrected chi connectivity index (χ2v) is 12.2. The second-order valence-electron chi connectivity index (χ2n) is 10.1. The van der Waals surface area contributed by atoms with Gasteiger partial charge in [-0.1, -0.05) is 72.8 Å². The van der Waals surface area contributed by atoms with Crippen molar-refractivity contribution in [3.05, 3.63) is 133 Å². The molecule has 0 atom stereocenters. The van der Waals surface area contributed by atoms with Crippen LogP contribution in [0.5, 0.6) is 0 Å². The number of nitriles is 1. The van der Waals surface area contributed by atoms with Gasteiger partial charge in [-0.15, -0.1) is 22.7 Å². The summed E-state index contributed by atoms with van der Waals surface area (Å²) < 4.78 is 5.22. The average molecular weight is 544 g/mol. The van der Waals surface area contributed by atoms with Gasteiger partial charge in [0.15, 0.2) is 0 Å². The molecule has 2 aromatic heterocycles. The van der Waals surface area contributed by atoms with Gasteiger partial charge >= 0.3 is 0 Å². The molecule has 2 heterocycles. The van der Waals surface area contributed by atoms with Gasteiger partial charge in [-0.05, 0) is 88.0 Å². The van der Waals surface area contributed by atoms with Crippen molar-refractivity contribution in [1.82, 2.24) is 0 Å². The molecule has 0 N–H and O–H groups in total. The summed E-state index contributed by atoms with van der Waals surface area (Å²) >= 11 is 3.70. The minimum absolute atomic E-state index is 0.669. The van der Waals surface area contributed by atoms with Gasteiger partial charge in [0.2, 0.25) is 0 Å². The number of nitrogens with zero attached hydrogens (tertiary/aromatic N) is 1. The molecule has 0 aliphatic carbocycles. The zero-order chi connectivity index (χ0) is 26.6. The first kappa shape index (κ1) is 23.2. The van der Waals surface area contributed by atoms with E-state index in [2.05, 4.69) is 115 Å². The van der Waals surface area contributed by atoms with Crippen molar-refractivity contribution in [1.29, 1.82) is 5.26 Å². The largest absolute Gasteiger partial charge is 0.192 e. The third kappa shape index (κ3) is 3.73. The summed E-state index contributed by atoms with van der Waals surface area (Å²) in [6, 6.07) is 47.9. The first-order valence-corrected chi connectivity index (χ1v) is 14.9. The third-order valence-electron chi connectivity index (χ3n) is 7.68. The monoisotopic (exact) mass is 543 g/mol. The SMILES string of the molecule is N#Cc1cccc(-c2cc(-c3ccc4sc5ccccc5c4c3)cc(-c3cccc4c3sc3ccccc34)c2)c1. The highest BCUT2D eigenvalue weighted by Crippen LogP contribution is 2.43. The topological polar surface area (TPSA) is 23.8 Å². The van der Waals surface area contributed by atoms with Crippen LogP contribution < -0.4 is 0 Å². The summed E-state index contributed by atoms with van der Waals surface area (Å²) in [5.41, 5.74) is 7.61. The molecule has 8 aromatic rings. The Hall–Kier alpha value is -4.75. The highest BCUT2D eigenvalue weighted by Gasteiger charge is 2.14. The van der Waals surface area contributed by atoms with E-state index in [4.69, 9.17) is 0 Å². The number of thiophene rings is 2. The predicted octanol–water partition coefficient (Wildman–Crippen LogP) is 11.3. The number of benzene rings is 6. The van der Waals surface area contributed by atoms with Crippen LogP contribution in [0.1, 0.15) is 5.56 Å². The summed E-state index contributed by atoms with van der Waals surface area (Å²) in [5, 5.41) is 14.8. The molecule has 186 valence electrons. The zero-order valence-electron chi connectivity index (χ0n) is 21.4. The molecule has 0 aliphatic rings. The Kier molecular flexibility index (Phi) is 5.31. The molecule has 0 amide bonds. The van der Waals surface area contributed by atoms with Crippen molar-refractivity contribution in [2.75, 3.05) is 0 Å². The van der Waals surface area contributed by atoms with Gasteiger partial charge in [0.1, 0.15) is 0 Å². The molecule has 0 aliphatic heterocycles. The molecule has 0 spiro atoms. The molecule has 0 bridgehead atoms. The van der Waals surface area contributed by atoms with E-state index in [1.807, 2.05) is 40.9 Å². The molecule has 0 saturated carbocycles. The lowest BCUT2D eigenvalue weighted by Gasteiger charge is -2.12. The standard InChI is InChI=1S/C37H21NS2/c38-22-23-7-5-8-24(17-23)26-18-27(25-15-16-36-33(21-25)31-10-2-3-13-34(31)39-36)20-28(19-26)29-11-6-12-32-30-9-1-4-14-35(30)40-37(29)32/h1-21H. The number of hydrogen-bond donors (Lipinski definition) is 0. The van der Waals surface area contributed by atoms with E-state index in [0.717, 1.165) is 11.1 Å². The molecular weight excluding hydrogens is 523 g/mol. The summed E-state index contributed by atoms with van der Waals surface area (Å²) in [7, 11) is 0. The van der Waals surface area contributed by atoms with E-state index < -0.39 is 0 Å². The molecule has 1 nitrogen and oxygen atoms in total. The van der Waals surface area contributed by atoms with Crippen LogP contribution in [0.4, 0.5) is 0 Å². The average Bonchev–Trinajstić information content (AvgIpc) is 3.59. The summed E-state index contributed by atoms with van der Waals surface area (Å²) in [6.45, 7) is 0. The van der Waals surface area contributed by atoms with Gasteiger partial charge in [0, 0.05) is 40.3 Å². The molecule has 3 heteroatoms. The third-order valence-corrected chi connectivity index (χ3v) is 10.1. The van der Waals surface area contributed by atoms with Crippen LogP contribution in [0.2, 0.25) is 0 Å². The normalized spacial score (nSPS) is 11.5. The van der Waals surface area contributed by atoms with Crippen molar-refractivity contribution < 1.29 is 0 Å². The fraction of sp³-hybridized carbons (Fsp3) is 0. The van der Waals surface area contributed by atoms with Crippen LogP contribution in [0.25, 0.3) is 73.7 Å². The molecule has 0 radical (unpaired) electrons. The maximum atomic E-state index is 9.58. The van der Waals surface area contributed by atoms with Crippen LogP contribution in [-0.4, -0.2) is 0 Å². The van der Waals surface area contributed by atoms with Gasteiger partial charge in [-0.25, -0.2) is 0 Å². The Morgan fingerprint density at radius 3 is 1.85 bits per heavy atom. The Morgan fingerprint density at radius 2 is 1.05 bits per heavy atom. The lowest BCUT2D eigenvalue weighted by molar-refractivity contribution is 1.48. The van der Waals surface area contributed by atoms with Gasteiger partial charge in [0.05, 0.1) is 11.6 Å². The fourth-order valence-electron chi connectivity index (χ4n) is 5.76. The smallest absolute Gasteiger partial charge is 0.0991 e. The van der Waals surface area contributed by atoms with E-state index in [-0.39, 0.29) is 0 Å². The Bertz CT molecular complexity index is 2290. The van der Waals surface area contributed by atoms with E-state index in [9.17, 15) is 5.26 Å². The molecule has 6 aromatic carbocycles. The van der Waals surface area contributed by atoms with Crippen LogP contribution in [0.3, 0.4) is 0 Å². The zero-order valence-corrected chi connectivity index (χ0v) is 23.0. The number of fused-ring (bicyclic) bond motifs is 6. The Morgan fingerprint density at radius 1 is 0.425 bits per heavy atom. The van der Waals surface area contributed by atoms with E-state index in [1.54, 1.807) is 0 Å². The van der Waals surface area contributed by atoms with Crippen molar-refractivity contribution in [2.45, 2.75) is 0 Å². The highest BCUT2D eigenvalue weighted by molar-refractivity contribution is 7.26. The van der Waals surface area contributed by atoms with E-state index in [1.165, 1.54) is 62.6 Å². The van der Waals surface area contributed by atoms with Crippen molar-refractivity contribution in [2.24, 2.45) is 0 Å². The van der Waals surface area contributed by atoms with Crippen LogP contribution in [-0.2, 0) is 0 Å². The summed E-state index contributed by atoms with van der Waals surface area (Å²) in [4.78, 5) is 0. The highest BCUT2D eigenvalue weighted by atomic mass is 32.1. The summed E-state index contributed by atoms with van der Waals surface area (Å²) in [5.74, 6) is 0. The molecular formula is C37H21NS2. The fourth-order valence-corrected chi connectivity index (χ4v) is 8.09. The Balaban J connectivity index is 1.39. The molecule has 0 fully saturated rings. The van der Waals surface area contributed by atoms with Crippen LogP contribution >= 0.6 is 22.7 Å². The summed E-state index contributed by atoms with van der Waals surface area (Å²) in [6.07, 6.45) is 0. The van der Waals surface area contributed by atoms with Crippen molar-refractivity contribution in [3.63, 3.8) is 0 Å². The quantitative estimate of drug-likeness (QED) is 0.217. The van der Waals surface area contributed by atoms with Gasteiger partial charge in [-0.2, -0.15) is 5.26 Å². The minimum Gasteiger partial charge on any atom is -0.192 e. The Labute approximate surface area is 239 Å². The maximum Gasteiger partial charge on any atom is 0.0991 e. The lowest BCUT2D eigenvalue weighted by Crippen LogP contribution is -1.87. The van der Waals surface area contributed by atoms with Gasteiger partial charge < -0.3 is 0 Å². The molecule has 8 rings (SSSR count). The maximum absolute atomic E-state index is 9.58. The van der Waals surface area contributed by atoms with E-state index >= 15 is 0 Å². The lowest BCUT2D eigenvalue weighted by atomic mass is 9.92. The van der Waals surface area contributed by atoms with Crippen molar-refractivity contribution >= 4 is 63.0 Å². The minimum atomic E-state index is 0.669.